The minimum atomic E-state index is 0.796. The lowest BCUT2D eigenvalue weighted by Crippen LogP contribution is -2.10. The van der Waals surface area contributed by atoms with Crippen molar-refractivity contribution in [3.8, 4) is 0 Å². The van der Waals surface area contributed by atoms with E-state index < -0.39 is 0 Å². The molecule has 0 amide bonds. The number of thiazole rings is 1. The van der Waals surface area contributed by atoms with Gasteiger partial charge in [0.15, 0.2) is 0 Å². The van der Waals surface area contributed by atoms with Crippen LogP contribution in [0.5, 0.6) is 0 Å². The molecule has 0 unspecified atom stereocenters. The zero-order valence-electron chi connectivity index (χ0n) is 7.00. The van der Waals surface area contributed by atoms with Gasteiger partial charge in [0.25, 0.3) is 0 Å². The first kappa shape index (κ1) is 8.68. The second kappa shape index (κ2) is 3.83. The smallest absolute Gasteiger partial charge is 0.107 e. The van der Waals surface area contributed by atoms with Crippen molar-refractivity contribution in [2.75, 3.05) is 14.1 Å². The second-order valence-corrected chi connectivity index (χ2v) is 3.66. The molecule has 1 rings (SSSR count). The van der Waals surface area contributed by atoms with Gasteiger partial charge in [-0.1, -0.05) is 0 Å². The molecule has 0 spiro atoms. The van der Waals surface area contributed by atoms with E-state index in [0.717, 1.165) is 18.7 Å². The van der Waals surface area contributed by atoms with Crippen molar-refractivity contribution in [2.24, 2.45) is 0 Å². The first-order valence-electron chi connectivity index (χ1n) is 3.59. The Morgan fingerprint density at radius 3 is 2.82 bits per heavy atom. The van der Waals surface area contributed by atoms with Crippen LogP contribution in [0.15, 0.2) is 5.38 Å². The van der Waals surface area contributed by atoms with E-state index in [1.165, 1.54) is 5.01 Å². The van der Waals surface area contributed by atoms with Gasteiger partial charge < -0.3 is 4.90 Å². The van der Waals surface area contributed by atoms with E-state index in [1.807, 2.05) is 14.1 Å². The molecule has 0 aliphatic rings. The maximum atomic E-state index is 4.38. The molecule has 0 saturated carbocycles. The van der Waals surface area contributed by atoms with Crippen LogP contribution in [0.3, 0.4) is 0 Å². The SMILES string of the molecule is [CH2]Cc1csc(CN(C)C)n1. The van der Waals surface area contributed by atoms with Gasteiger partial charge in [-0.2, -0.15) is 0 Å². The zero-order valence-corrected chi connectivity index (χ0v) is 7.82. The van der Waals surface area contributed by atoms with Crippen LogP contribution in [0.1, 0.15) is 10.7 Å². The van der Waals surface area contributed by atoms with Crippen LogP contribution in [0.4, 0.5) is 0 Å². The fourth-order valence-electron chi connectivity index (χ4n) is 0.807. The van der Waals surface area contributed by atoms with Gasteiger partial charge in [-0.3, -0.25) is 0 Å². The number of nitrogens with zero attached hydrogens (tertiary/aromatic N) is 2. The molecule has 61 valence electrons. The van der Waals surface area contributed by atoms with Gasteiger partial charge >= 0.3 is 0 Å². The predicted octanol–water partition coefficient (Wildman–Crippen LogP) is 1.58. The lowest BCUT2D eigenvalue weighted by Gasteiger charge is -2.04. The number of aromatic nitrogens is 1. The van der Waals surface area contributed by atoms with Crippen LogP contribution < -0.4 is 0 Å². The molecule has 0 aliphatic heterocycles. The van der Waals surface area contributed by atoms with E-state index in [0.29, 0.717) is 0 Å². The van der Waals surface area contributed by atoms with Crippen molar-refractivity contribution >= 4 is 11.3 Å². The van der Waals surface area contributed by atoms with E-state index in [1.54, 1.807) is 11.3 Å². The van der Waals surface area contributed by atoms with Crippen molar-refractivity contribution in [2.45, 2.75) is 13.0 Å². The number of rotatable bonds is 3. The highest BCUT2D eigenvalue weighted by atomic mass is 32.1. The monoisotopic (exact) mass is 169 g/mol. The third-order valence-electron chi connectivity index (χ3n) is 1.31. The zero-order chi connectivity index (χ0) is 8.27. The standard InChI is InChI=1S/C8H13N2S/c1-4-7-6-11-8(9-7)5-10(2)3/h6H,1,4-5H2,2-3H3. The van der Waals surface area contributed by atoms with E-state index >= 15 is 0 Å². The van der Waals surface area contributed by atoms with Crippen LogP contribution in [-0.2, 0) is 13.0 Å². The molecule has 0 fully saturated rings. The molecule has 0 bridgehead atoms. The summed E-state index contributed by atoms with van der Waals surface area (Å²) in [7, 11) is 4.09. The maximum Gasteiger partial charge on any atom is 0.107 e. The van der Waals surface area contributed by atoms with Gasteiger partial charge in [-0.05, 0) is 27.4 Å². The Bertz CT molecular complexity index is 218. The fraction of sp³-hybridized carbons (Fsp3) is 0.500. The Morgan fingerprint density at radius 1 is 1.64 bits per heavy atom. The predicted molar refractivity (Wildman–Crippen MR) is 48.6 cm³/mol. The van der Waals surface area contributed by atoms with E-state index in [-0.39, 0.29) is 0 Å². The molecule has 2 nitrogen and oxygen atoms in total. The van der Waals surface area contributed by atoms with Crippen LogP contribution in [0, 0.1) is 6.92 Å². The summed E-state index contributed by atoms with van der Waals surface area (Å²) < 4.78 is 0. The molecule has 0 atom stereocenters. The number of hydrogen-bond acceptors (Lipinski definition) is 3. The van der Waals surface area contributed by atoms with Crippen LogP contribution >= 0.6 is 11.3 Å². The summed E-state index contributed by atoms with van der Waals surface area (Å²) in [5.41, 5.74) is 1.10. The molecule has 1 aromatic heterocycles. The third kappa shape index (κ3) is 2.60. The summed E-state index contributed by atoms with van der Waals surface area (Å²) in [6.07, 6.45) is 0.796. The second-order valence-electron chi connectivity index (χ2n) is 2.72. The fourth-order valence-corrected chi connectivity index (χ4v) is 1.75. The number of hydrogen-bond donors (Lipinski definition) is 0. The Kier molecular flexibility index (Phi) is 3.02. The minimum absolute atomic E-state index is 0.796. The van der Waals surface area contributed by atoms with Gasteiger partial charge in [-0.15, -0.1) is 11.3 Å². The molecule has 0 aliphatic carbocycles. The summed E-state index contributed by atoms with van der Waals surface area (Å²) >= 11 is 1.71. The molecule has 1 heterocycles. The van der Waals surface area contributed by atoms with Crippen molar-refractivity contribution in [3.63, 3.8) is 0 Å². The Balaban J connectivity index is 2.58. The highest BCUT2D eigenvalue weighted by Crippen LogP contribution is 2.10. The highest BCUT2D eigenvalue weighted by molar-refractivity contribution is 7.09. The highest BCUT2D eigenvalue weighted by Gasteiger charge is 2.00. The Morgan fingerprint density at radius 2 is 2.36 bits per heavy atom. The Hall–Kier alpha value is -0.410. The van der Waals surface area contributed by atoms with Gasteiger partial charge in [0.2, 0.25) is 0 Å². The van der Waals surface area contributed by atoms with E-state index in [2.05, 4.69) is 22.2 Å². The maximum absolute atomic E-state index is 4.38. The lowest BCUT2D eigenvalue weighted by atomic mass is 10.4. The van der Waals surface area contributed by atoms with Gasteiger partial charge in [0, 0.05) is 11.9 Å². The third-order valence-corrected chi connectivity index (χ3v) is 2.19. The average molecular weight is 169 g/mol. The van der Waals surface area contributed by atoms with Gasteiger partial charge in [-0.25, -0.2) is 4.98 Å². The van der Waals surface area contributed by atoms with Crippen molar-refractivity contribution in [3.05, 3.63) is 23.0 Å². The van der Waals surface area contributed by atoms with E-state index in [4.69, 9.17) is 0 Å². The summed E-state index contributed by atoms with van der Waals surface area (Å²) in [6.45, 7) is 4.71. The quantitative estimate of drug-likeness (QED) is 0.683. The Labute approximate surface area is 71.9 Å². The molecular formula is C8H13N2S. The van der Waals surface area contributed by atoms with Crippen molar-refractivity contribution < 1.29 is 0 Å². The van der Waals surface area contributed by atoms with Gasteiger partial charge in [0.1, 0.15) is 5.01 Å². The first-order chi connectivity index (χ1) is 5.22. The minimum Gasteiger partial charge on any atom is -0.303 e. The first-order valence-corrected chi connectivity index (χ1v) is 4.47. The molecule has 1 aromatic rings. The molecule has 3 heteroatoms. The molecular weight excluding hydrogens is 156 g/mol. The van der Waals surface area contributed by atoms with Crippen LogP contribution in [0.25, 0.3) is 0 Å². The molecule has 1 radical (unpaired) electrons. The molecule has 0 aromatic carbocycles. The summed E-state index contributed by atoms with van der Waals surface area (Å²) in [4.78, 5) is 6.50. The normalized spacial score (nSPS) is 10.9. The molecule has 0 saturated heterocycles. The van der Waals surface area contributed by atoms with E-state index in [9.17, 15) is 0 Å². The summed E-state index contributed by atoms with van der Waals surface area (Å²) in [5.74, 6) is 0. The van der Waals surface area contributed by atoms with Gasteiger partial charge in [0.05, 0.1) is 5.69 Å². The topological polar surface area (TPSA) is 16.1 Å². The largest absolute Gasteiger partial charge is 0.303 e. The molecule has 11 heavy (non-hydrogen) atoms. The molecule has 0 N–H and O–H groups in total. The van der Waals surface area contributed by atoms with Crippen LogP contribution in [0.2, 0.25) is 0 Å². The lowest BCUT2D eigenvalue weighted by molar-refractivity contribution is 0.401. The average Bonchev–Trinajstić information content (AvgIpc) is 2.34. The van der Waals surface area contributed by atoms with Crippen LogP contribution in [-0.4, -0.2) is 24.0 Å². The van der Waals surface area contributed by atoms with Crippen molar-refractivity contribution in [1.82, 2.24) is 9.88 Å². The van der Waals surface area contributed by atoms with Crippen molar-refractivity contribution in [1.29, 1.82) is 0 Å². The summed E-state index contributed by atoms with van der Waals surface area (Å²) in [6, 6.07) is 0. The summed E-state index contributed by atoms with van der Waals surface area (Å²) in [5, 5.41) is 3.25.